The largest absolute Gasteiger partial charge is 0.507 e. The number of quaternary nitrogens is 1. The lowest BCUT2D eigenvalue weighted by atomic mass is 10.1. The normalized spacial score (nSPS) is 12.0. The van der Waals surface area contributed by atoms with Crippen LogP contribution in [0.1, 0.15) is 63.3 Å². The van der Waals surface area contributed by atoms with E-state index in [1.165, 1.54) is 24.3 Å². The smallest absolute Gasteiger partial charge is 0.453 e. The van der Waals surface area contributed by atoms with Crippen LogP contribution in [0.2, 0.25) is 0 Å². The predicted molar refractivity (Wildman–Crippen MR) is 129 cm³/mol. The molecule has 0 spiro atoms. The lowest BCUT2D eigenvalue weighted by Crippen LogP contribution is -3.10. The van der Waals surface area contributed by atoms with E-state index in [9.17, 15) is 23.1 Å². The van der Waals surface area contributed by atoms with E-state index in [1.807, 2.05) is 6.92 Å². The van der Waals surface area contributed by atoms with Crippen LogP contribution in [0, 0.1) is 0 Å². The van der Waals surface area contributed by atoms with Crippen LogP contribution in [0.4, 0.5) is 13.2 Å². The van der Waals surface area contributed by atoms with E-state index >= 15 is 0 Å². The molecule has 0 saturated heterocycles. The van der Waals surface area contributed by atoms with Crippen LogP contribution in [-0.2, 0) is 19.1 Å². The molecule has 2 N–H and O–H groups in total. The Morgan fingerprint density at radius 1 is 0.971 bits per heavy atom. The van der Waals surface area contributed by atoms with Gasteiger partial charge in [-0.3, -0.25) is 4.79 Å². The number of hydrogen-bond acceptors (Lipinski definition) is 4. The van der Waals surface area contributed by atoms with Crippen molar-refractivity contribution in [3.05, 3.63) is 63.5 Å². The number of phenols is 1. The fraction of sp³-hybridized carbons (Fsp3) is 0.444. The van der Waals surface area contributed by atoms with Crippen molar-refractivity contribution >= 4 is 11.0 Å². The highest BCUT2D eigenvalue weighted by atomic mass is 19.4. The fourth-order valence-corrected chi connectivity index (χ4v) is 4.05. The molecule has 1 aromatic heterocycles. The fourth-order valence-electron chi connectivity index (χ4n) is 4.05. The molecule has 0 radical (unpaired) electrons. The third-order valence-corrected chi connectivity index (χ3v) is 6.10. The number of fused-ring (bicyclic) bond motifs is 1. The first-order chi connectivity index (χ1) is 16.7. The summed E-state index contributed by atoms with van der Waals surface area (Å²) in [7, 11) is 0. The van der Waals surface area contributed by atoms with Crippen LogP contribution in [0.3, 0.4) is 0 Å². The van der Waals surface area contributed by atoms with Gasteiger partial charge in [0.05, 0.1) is 24.0 Å². The van der Waals surface area contributed by atoms with Gasteiger partial charge in [-0.2, -0.15) is 13.2 Å². The molecule has 0 unspecified atom stereocenters. The number of phenolic OH excluding ortho intramolecular Hbond substituents is 1. The van der Waals surface area contributed by atoms with E-state index in [0.717, 1.165) is 55.7 Å². The van der Waals surface area contributed by atoms with Crippen LogP contribution in [0.25, 0.3) is 11.0 Å². The average Bonchev–Trinajstić information content (AvgIpc) is 2.83. The minimum atomic E-state index is -4.97. The molecule has 35 heavy (non-hydrogen) atoms. The molecule has 190 valence electrons. The molecule has 0 atom stereocenters. The van der Waals surface area contributed by atoms with Crippen molar-refractivity contribution in [1.29, 1.82) is 0 Å². The molecule has 1 heterocycles. The maximum Gasteiger partial charge on any atom is 0.453 e. The Balaban J connectivity index is 2.13. The Morgan fingerprint density at radius 3 is 2.14 bits per heavy atom. The summed E-state index contributed by atoms with van der Waals surface area (Å²) >= 11 is 0. The molecule has 3 aromatic rings. The summed E-state index contributed by atoms with van der Waals surface area (Å²) in [4.78, 5) is 14.4. The van der Waals surface area contributed by atoms with Gasteiger partial charge in [0.1, 0.15) is 18.0 Å². The van der Waals surface area contributed by atoms with E-state index in [4.69, 9.17) is 9.15 Å². The lowest BCUT2D eigenvalue weighted by Gasteiger charge is -2.21. The minimum absolute atomic E-state index is 0.0590. The topological polar surface area (TPSA) is 64.1 Å². The molecule has 2 aromatic carbocycles. The first kappa shape index (κ1) is 26.6. The maximum atomic E-state index is 14.0. The second-order valence-electron chi connectivity index (χ2n) is 8.76. The minimum Gasteiger partial charge on any atom is -0.507 e. The van der Waals surface area contributed by atoms with Crippen molar-refractivity contribution in [2.45, 2.75) is 65.6 Å². The number of nitrogens with one attached hydrogen (secondary N) is 1. The third-order valence-electron chi connectivity index (χ3n) is 6.10. The van der Waals surface area contributed by atoms with Gasteiger partial charge >= 0.3 is 6.18 Å². The zero-order valence-electron chi connectivity index (χ0n) is 20.4. The van der Waals surface area contributed by atoms with Gasteiger partial charge in [-0.05, 0) is 49.1 Å². The Bertz CT molecular complexity index is 1180. The van der Waals surface area contributed by atoms with Crippen molar-refractivity contribution in [2.24, 2.45) is 0 Å². The number of alkyl halides is 3. The Labute approximate surface area is 203 Å². The quantitative estimate of drug-likeness (QED) is 0.352. The van der Waals surface area contributed by atoms with Crippen LogP contribution in [0.5, 0.6) is 17.2 Å². The van der Waals surface area contributed by atoms with E-state index in [2.05, 4.69) is 13.8 Å². The van der Waals surface area contributed by atoms with Gasteiger partial charge in [0.25, 0.3) is 5.76 Å². The highest BCUT2D eigenvalue weighted by Crippen LogP contribution is 2.39. The van der Waals surface area contributed by atoms with Crippen molar-refractivity contribution in [2.75, 3.05) is 13.1 Å². The molecule has 0 bridgehead atoms. The molecule has 0 saturated carbocycles. The van der Waals surface area contributed by atoms with Gasteiger partial charge in [-0.15, -0.1) is 0 Å². The molecule has 0 aliphatic rings. The third kappa shape index (κ3) is 6.36. The summed E-state index contributed by atoms with van der Waals surface area (Å²) in [6.07, 6.45) is -0.372. The molecular formula is C27H33F3NO4+. The van der Waals surface area contributed by atoms with Gasteiger partial charge in [0.15, 0.2) is 5.58 Å². The molecule has 5 nitrogen and oxygen atoms in total. The standard InChI is InChI=1S/C27H32F3NO4/c1-4-7-15-31(16-8-5-2)17-21-22(32)14-13-20-23(33)25(26(27(28,29)30)35-24(20)21)34-19-11-9-18(6-3)10-12-19/h9-14,32H,4-8,15-17H2,1-3H3/p+1. The summed E-state index contributed by atoms with van der Waals surface area (Å²) in [5.41, 5.74) is 0.00738. The first-order valence-electron chi connectivity index (χ1n) is 12.2. The van der Waals surface area contributed by atoms with Crippen LogP contribution >= 0.6 is 0 Å². The molecule has 0 fully saturated rings. The number of unbranched alkanes of at least 4 members (excludes halogenated alkanes) is 2. The number of ether oxygens (including phenoxy) is 1. The number of rotatable bonds is 11. The Morgan fingerprint density at radius 2 is 1.60 bits per heavy atom. The highest BCUT2D eigenvalue weighted by molar-refractivity contribution is 5.83. The van der Waals surface area contributed by atoms with Gasteiger partial charge in [-0.25, -0.2) is 0 Å². The van der Waals surface area contributed by atoms with Gasteiger partial charge in [0, 0.05) is 0 Å². The predicted octanol–water partition coefficient (Wildman–Crippen LogP) is 5.86. The first-order valence-corrected chi connectivity index (χ1v) is 12.2. The van der Waals surface area contributed by atoms with E-state index < -0.39 is 23.1 Å². The van der Waals surface area contributed by atoms with Crippen molar-refractivity contribution < 1.29 is 32.3 Å². The zero-order valence-corrected chi connectivity index (χ0v) is 20.4. The molecule has 0 aliphatic carbocycles. The molecular weight excluding hydrogens is 459 g/mol. The number of hydrogen-bond donors (Lipinski definition) is 2. The van der Waals surface area contributed by atoms with E-state index in [-0.39, 0.29) is 34.6 Å². The van der Waals surface area contributed by atoms with Gasteiger partial charge < -0.3 is 19.2 Å². The molecule has 3 rings (SSSR count). The SMILES string of the molecule is CCCC[NH+](CCCC)Cc1c(O)ccc2c(=O)c(Oc3ccc(CC)cc3)c(C(F)(F)F)oc12. The number of aryl methyl sites for hydroxylation is 1. The van der Waals surface area contributed by atoms with Gasteiger partial charge in [0.2, 0.25) is 11.2 Å². The Kier molecular flexibility index (Phi) is 8.83. The lowest BCUT2D eigenvalue weighted by molar-refractivity contribution is -0.914. The van der Waals surface area contributed by atoms with Crippen molar-refractivity contribution in [3.63, 3.8) is 0 Å². The summed E-state index contributed by atoms with van der Waals surface area (Å²) in [5, 5.41) is 10.5. The summed E-state index contributed by atoms with van der Waals surface area (Å²) in [6.45, 7) is 7.95. The Hall–Kier alpha value is -3.00. The zero-order chi connectivity index (χ0) is 25.6. The van der Waals surface area contributed by atoms with E-state index in [0.29, 0.717) is 0 Å². The number of aromatic hydroxyl groups is 1. The van der Waals surface area contributed by atoms with Crippen LogP contribution < -0.4 is 15.1 Å². The second-order valence-corrected chi connectivity index (χ2v) is 8.76. The molecule has 0 aliphatic heterocycles. The number of halogens is 3. The van der Waals surface area contributed by atoms with E-state index in [1.54, 1.807) is 12.1 Å². The summed E-state index contributed by atoms with van der Waals surface area (Å²) < 4.78 is 52.9. The average molecular weight is 493 g/mol. The maximum absolute atomic E-state index is 14.0. The summed E-state index contributed by atoms with van der Waals surface area (Å²) in [6, 6.07) is 9.11. The summed E-state index contributed by atoms with van der Waals surface area (Å²) in [5.74, 6) is -2.51. The highest BCUT2D eigenvalue weighted by Gasteiger charge is 2.41. The van der Waals surface area contributed by atoms with Crippen molar-refractivity contribution in [1.82, 2.24) is 0 Å². The van der Waals surface area contributed by atoms with Crippen LogP contribution in [-0.4, -0.2) is 18.2 Å². The number of benzene rings is 2. The monoisotopic (exact) mass is 492 g/mol. The molecule has 0 amide bonds. The van der Waals surface area contributed by atoms with Crippen LogP contribution in [0.15, 0.2) is 45.6 Å². The second kappa shape index (κ2) is 11.6. The van der Waals surface area contributed by atoms with Crippen molar-refractivity contribution in [3.8, 4) is 17.2 Å². The molecule has 8 heteroatoms. The van der Waals surface area contributed by atoms with Gasteiger partial charge in [-0.1, -0.05) is 45.7 Å².